The van der Waals surface area contributed by atoms with Crippen LogP contribution in [0.15, 0.2) is 18.2 Å². The smallest absolute Gasteiger partial charge is 0.264 e. The van der Waals surface area contributed by atoms with Crippen molar-refractivity contribution in [1.29, 1.82) is 0 Å². The summed E-state index contributed by atoms with van der Waals surface area (Å²) in [5.41, 5.74) is 1.93. The SMILES string of the molecule is CC(C)(C)[Si](C)(C)Oc1ccc2c(c1)C[C@H](C(CCOS(C)(=O)=O)OS(C)(=O)=O)[C@@H]1[C@@H]2CC[C@]2(C)C(=O)CC[C@@H]12. The molecule has 6 atom stereocenters. The van der Waals surface area contributed by atoms with Crippen molar-refractivity contribution in [3.05, 3.63) is 29.3 Å². The molecule has 226 valence electrons. The average Bonchev–Trinajstić information content (AvgIpc) is 3.09. The highest BCUT2D eigenvalue weighted by Gasteiger charge is 2.58. The number of hydrogen-bond donors (Lipinski definition) is 0. The van der Waals surface area contributed by atoms with Crippen molar-refractivity contribution in [2.75, 3.05) is 19.1 Å². The zero-order valence-electron chi connectivity index (χ0n) is 25.2. The molecule has 2 saturated carbocycles. The van der Waals surface area contributed by atoms with E-state index < -0.39 is 40.1 Å². The third-order valence-electron chi connectivity index (χ3n) is 10.2. The lowest BCUT2D eigenvalue weighted by Crippen LogP contribution is -2.50. The van der Waals surface area contributed by atoms with Crippen molar-refractivity contribution in [3.8, 4) is 5.75 Å². The van der Waals surface area contributed by atoms with Crippen LogP contribution >= 0.6 is 0 Å². The van der Waals surface area contributed by atoms with E-state index in [-0.39, 0.29) is 41.7 Å². The van der Waals surface area contributed by atoms with Gasteiger partial charge in [0.05, 0.1) is 25.2 Å². The predicted octanol–water partition coefficient (Wildman–Crippen LogP) is 5.43. The van der Waals surface area contributed by atoms with Crippen molar-refractivity contribution < 1.29 is 34.4 Å². The molecule has 0 bridgehead atoms. The lowest BCUT2D eigenvalue weighted by atomic mass is 9.52. The molecule has 0 aromatic heterocycles. The van der Waals surface area contributed by atoms with Crippen LogP contribution < -0.4 is 4.43 Å². The Hall–Kier alpha value is -1.27. The Labute approximate surface area is 241 Å². The zero-order chi connectivity index (χ0) is 29.9. The summed E-state index contributed by atoms with van der Waals surface area (Å²) >= 11 is 0. The summed E-state index contributed by atoms with van der Waals surface area (Å²) in [7, 11) is -9.62. The molecule has 0 heterocycles. The fourth-order valence-corrected chi connectivity index (χ4v) is 9.31. The van der Waals surface area contributed by atoms with Gasteiger partial charge in [-0.05, 0) is 90.7 Å². The number of carbonyl (C=O) groups is 1. The van der Waals surface area contributed by atoms with E-state index in [0.29, 0.717) is 18.6 Å². The van der Waals surface area contributed by atoms with Gasteiger partial charge in [-0.3, -0.25) is 13.2 Å². The molecule has 0 saturated heterocycles. The average molecular weight is 615 g/mol. The van der Waals surface area contributed by atoms with Crippen LogP contribution in [0, 0.1) is 23.2 Å². The highest BCUT2D eigenvalue weighted by molar-refractivity contribution is 7.86. The van der Waals surface area contributed by atoms with Crippen molar-refractivity contribution in [2.24, 2.45) is 23.2 Å². The molecule has 8 nitrogen and oxygen atoms in total. The van der Waals surface area contributed by atoms with E-state index in [1.165, 1.54) is 5.56 Å². The molecular formula is C29H46O8S2Si. The van der Waals surface area contributed by atoms with Gasteiger partial charge in [-0.25, -0.2) is 0 Å². The lowest BCUT2D eigenvalue weighted by Gasteiger charge is -2.53. The van der Waals surface area contributed by atoms with Gasteiger partial charge < -0.3 is 4.43 Å². The van der Waals surface area contributed by atoms with E-state index in [2.05, 4.69) is 59.0 Å². The largest absolute Gasteiger partial charge is 0.543 e. The Morgan fingerprint density at radius 3 is 2.35 bits per heavy atom. The van der Waals surface area contributed by atoms with Crippen molar-refractivity contribution in [2.45, 2.75) is 96.4 Å². The summed E-state index contributed by atoms with van der Waals surface area (Å²) in [5, 5.41) is 0.0351. The summed E-state index contributed by atoms with van der Waals surface area (Å²) in [6.07, 6.45) is 4.86. The van der Waals surface area contributed by atoms with Gasteiger partial charge in [0.2, 0.25) is 8.32 Å². The van der Waals surface area contributed by atoms with Gasteiger partial charge in [-0.2, -0.15) is 16.8 Å². The first-order chi connectivity index (χ1) is 18.2. The molecule has 3 aliphatic rings. The van der Waals surface area contributed by atoms with Crippen LogP contribution in [0.1, 0.15) is 76.8 Å². The third kappa shape index (κ3) is 6.53. The van der Waals surface area contributed by atoms with Crippen LogP contribution in [0.3, 0.4) is 0 Å². The second-order valence-electron chi connectivity index (χ2n) is 14.0. The minimum absolute atomic E-state index is 0.0351. The topological polar surface area (TPSA) is 113 Å². The minimum atomic E-state index is -3.84. The first kappa shape index (κ1) is 31.7. The van der Waals surface area contributed by atoms with Crippen LogP contribution in [-0.4, -0.2) is 56.2 Å². The maximum atomic E-state index is 13.1. The highest BCUT2D eigenvalue weighted by atomic mass is 32.2. The number of rotatable bonds is 9. The molecule has 0 spiro atoms. The van der Waals surface area contributed by atoms with E-state index >= 15 is 0 Å². The quantitative estimate of drug-likeness (QED) is 0.267. The molecule has 2 fully saturated rings. The molecule has 0 radical (unpaired) electrons. The molecule has 11 heteroatoms. The normalized spacial score (nSPS) is 29.9. The Balaban J connectivity index is 1.77. The van der Waals surface area contributed by atoms with Crippen LogP contribution in [0.25, 0.3) is 0 Å². The fourth-order valence-electron chi connectivity index (χ4n) is 7.20. The Morgan fingerprint density at radius 1 is 1.07 bits per heavy atom. The molecule has 0 aliphatic heterocycles. The number of ketones is 1. The molecule has 1 unspecified atom stereocenters. The highest BCUT2D eigenvalue weighted by Crippen LogP contribution is 2.62. The Kier molecular flexibility index (Phi) is 8.53. The van der Waals surface area contributed by atoms with E-state index in [1.807, 2.05) is 0 Å². The van der Waals surface area contributed by atoms with Gasteiger partial charge in [0.25, 0.3) is 20.2 Å². The van der Waals surface area contributed by atoms with Gasteiger partial charge in [0.15, 0.2) is 0 Å². The lowest BCUT2D eigenvalue weighted by molar-refractivity contribution is -0.131. The summed E-state index contributed by atoms with van der Waals surface area (Å²) in [5.74, 6) is 1.19. The van der Waals surface area contributed by atoms with Gasteiger partial charge >= 0.3 is 0 Å². The molecule has 0 N–H and O–H groups in total. The Bertz CT molecular complexity index is 1350. The van der Waals surface area contributed by atoms with Crippen LogP contribution in [0.2, 0.25) is 18.1 Å². The molecule has 40 heavy (non-hydrogen) atoms. The molecule has 1 aromatic carbocycles. The molecule has 0 amide bonds. The first-order valence-corrected chi connectivity index (χ1v) is 20.8. The summed E-state index contributed by atoms with van der Waals surface area (Å²) in [6.45, 7) is 12.9. The molecule has 3 aliphatic carbocycles. The van der Waals surface area contributed by atoms with Gasteiger partial charge in [-0.15, -0.1) is 0 Å². The van der Waals surface area contributed by atoms with Crippen LogP contribution in [0.5, 0.6) is 5.75 Å². The van der Waals surface area contributed by atoms with Crippen LogP contribution in [0.4, 0.5) is 0 Å². The summed E-state index contributed by atoms with van der Waals surface area (Å²) in [4.78, 5) is 13.1. The monoisotopic (exact) mass is 614 g/mol. The van der Waals surface area contributed by atoms with Gasteiger partial charge in [-0.1, -0.05) is 33.8 Å². The van der Waals surface area contributed by atoms with E-state index in [1.54, 1.807) is 0 Å². The molecular weight excluding hydrogens is 569 g/mol. The number of Topliss-reactive ketones (excluding diaryl/α,β-unsaturated/α-hetero) is 1. The molecule has 1 aromatic rings. The number of carbonyl (C=O) groups excluding carboxylic acids is 1. The Morgan fingerprint density at radius 2 is 1.75 bits per heavy atom. The zero-order valence-corrected chi connectivity index (χ0v) is 27.8. The number of hydrogen-bond acceptors (Lipinski definition) is 8. The third-order valence-corrected chi connectivity index (χ3v) is 15.7. The standard InChI is InChI=1S/C29H46O8S2Si/c1-28(2,3)40(7,8)37-20-9-10-21-19(17-20)18-23(25(36-39(6,33)34)14-16-35-38(5,31)32)27-22(21)13-15-29(4)24(27)11-12-26(29)30/h9-10,17,22-25,27H,11-16,18H2,1-8H3/t22-,23-,24+,25?,27+,29+/m1/s1. The maximum Gasteiger partial charge on any atom is 0.264 e. The second-order valence-corrected chi connectivity index (χ2v) is 21.9. The summed E-state index contributed by atoms with van der Waals surface area (Å²) in [6, 6.07) is 6.34. The maximum absolute atomic E-state index is 13.1. The van der Waals surface area contributed by atoms with E-state index in [9.17, 15) is 21.6 Å². The molecule has 4 rings (SSSR count). The van der Waals surface area contributed by atoms with Crippen LogP contribution in [-0.2, 0) is 39.8 Å². The van der Waals surface area contributed by atoms with E-state index in [0.717, 1.165) is 43.1 Å². The van der Waals surface area contributed by atoms with Crippen molar-refractivity contribution in [3.63, 3.8) is 0 Å². The van der Waals surface area contributed by atoms with Crippen molar-refractivity contribution in [1.82, 2.24) is 0 Å². The minimum Gasteiger partial charge on any atom is -0.543 e. The predicted molar refractivity (Wildman–Crippen MR) is 158 cm³/mol. The first-order valence-electron chi connectivity index (χ1n) is 14.3. The van der Waals surface area contributed by atoms with Crippen molar-refractivity contribution >= 4 is 34.3 Å². The second kappa shape index (κ2) is 10.8. The number of fused-ring (bicyclic) bond motifs is 5. The fraction of sp³-hybridized carbons (Fsp3) is 0.759. The summed E-state index contributed by atoms with van der Waals surface area (Å²) < 4.78 is 65.6. The number of benzene rings is 1. The van der Waals surface area contributed by atoms with Gasteiger partial charge in [0, 0.05) is 18.3 Å². The van der Waals surface area contributed by atoms with Gasteiger partial charge in [0.1, 0.15) is 11.5 Å². The van der Waals surface area contributed by atoms with E-state index in [4.69, 9.17) is 12.8 Å².